The van der Waals surface area contributed by atoms with Crippen LogP contribution in [-0.4, -0.2) is 11.4 Å². The largest absolute Gasteiger partial charge is 0.284 e. The average Bonchev–Trinajstić information content (AvgIpc) is 2.83. The minimum absolute atomic E-state index is 0.702. The van der Waals surface area contributed by atoms with Crippen LogP contribution in [0.1, 0.15) is 5.56 Å². The van der Waals surface area contributed by atoms with Gasteiger partial charge in [0.1, 0.15) is 0 Å². The van der Waals surface area contributed by atoms with Gasteiger partial charge >= 0.3 is 0 Å². The molecule has 4 heteroatoms. The molecule has 3 rings (SSSR count). The molecule has 0 saturated heterocycles. The maximum atomic E-state index is 10.1. The van der Waals surface area contributed by atoms with Gasteiger partial charge in [0.2, 0.25) is 0 Å². The van der Waals surface area contributed by atoms with Crippen molar-refractivity contribution in [1.82, 2.24) is 0 Å². The molecule has 2 aromatic carbocycles. The quantitative estimate of drug-likeness (QED) is 0.834. The van der Waals surface area contributed by atoms with Gasteiger partial charge in [0.25, 0.3) is 0 Å². The molecule has 1 heterocycles. The molecule has 2 aromatic rings. The molecule has 0 unspecified atom stereocenters. The third-order valence-electron chi connectivity index (χ3n) is 2.91. The summed E-state index contributed by atoms with van der Waals surface area (Å²) in [6.45, 7) is 0. The minimum atomic E-state index is 0.702. The van der Waals surface area contributed by atoms with Crippen LogP contribution in [0, 0.1) is 0 Å². The maximum Gasteiger partial charge on any atom is 0.0709 e. The van der Waals surface area contributed by atoms with Crippen LogP contribution in [0.2, 0.25) is 0 Å². The minimum Gasteiger partial charge on any atom is -0.284 e. The standard InChI is InChI=1S/C15H11BrN2O/c16-12-5-7-13(8-6-12)18(19)10-11-9-17-15-4-2-1-3-14(11)15/h1-10,19H. The van der Waals surface area contributed by atoms with Gasteiger partial charge in [-0.25, -0.2) is 5.06 Å². The number of fused-ring (bicyclic) bond motifs is 1. The molecule has 0 radical (unpaired) electrons. The highest BCUT2D eigenvalue weighted by Crippen LogP contribution is 2.31. The molecule has 0 saturated carbocycles. The molecule has 0 bridgehead atoms. The van der Waals surface area contributed by atoms with Gasteiger partial charge in [0.05, 0.1) is 11.4 Å². The Morgan fingerprint density at radius 2 is 1.79 bits per heavy atom. The van der Waals surface area contributed by atoms with Gasteiger partial charge < -0.3 is 0 Å². The predicted molar refractivity (Wildman–Crippen MR) is 81.0 cm³/mol. The number of benzene rings is 2. The van der Waals surface area contributed by atoms with E-state index in [1.54, 1.807) is 12.4 Å². The molecular formula is C15H11BrN2O. The summed E-state index contributed by atoms with van der Waals surface area (Å²) < 4.78 is 0.977. The number of aliphatic imine (C=N–C) groups is 1. The Morgan fingerprint density at radius 1 is 1.05 bits per heavy atom. The van der Waals surface area contributed by atoms with Crippen molar-refractivity contribution in [2.24, 2.45) is 4.99 Å². The van der Waals surface area contributed by atoms with Crippen LogP contribution in [0.3, 0.4) is 0 Å². The number of allylic oxidation sites excluding steroid dienone is 1. The van der Waals surface area contributed by atoms with E-state index < -0.39 is 0 Å². The summed E-state index contributed by atoms with van der Waals surface area (Å²) in [7, 11) is 0. The van der Waals surface area contributed by atoms with E-state index in [-0.39, 0.29) is 0 Å². The summed E-state index contributed by atoms with van der Waals surface area (Å²) in [4.78, 5) is 4.30. The van der Waals surface area contributed by atoms with E-state index in [1.165, 1.54) is 0 Å². The highest BCUT2D eigenvalue weighted by molar-refractivity contribution is 9.10. The number of para-hydroxylation sites is 1. The van der Waals surface area contributed by atoms with Crippen molar-refractivity contribution in [3.05, 3.63) is 64.8 Å². The molecule has 0 fully saturated rings. The van der Waals surface area contributed by atoms with Crippen molar-refractivity contribution in [3.8, 4) is 0 Å². The molecular weight excluding hydrogens is 304 g/mol. The number of hydrogen-bond donors (Lipinski definition) is 1. The lowest BCUT2D eigenvalue weighted by Gasteiger charge is -2.13. The molecule has 1 aliphatic heterocycles. The second-order valence-electron chi connectivity index (χ2n) is 4.18. The fourth-order valence-corrected chi connectivity index (χ4v) is 2.21. The van der Waals surface area contributed by atoms with E-state index in [9.17, 15) is 5.21 Å². The van der Waals surface area contributed by atoms with Gasteiger partial charge in [-0.05, 0) is 30.3 Å². The number of hydrogen-bond acceptors (Lipinski definition) is 3. The van der Waals surface area contributed by atoms with E-state index in [2.05, 4.69) is 20.9 Å². The first kappa shape index (κ1) is 12.1. The Morgan fingerprint density at radius 3 is 2.58 bits per heavy atom. The SMILES string of the molecule is ON(C=C1C=Nc2ccccc21)c1ccc(Br)cc1. The number of anilines is 1. The van der Waals surface area contributed by atoms with Crippen LogP contribution in [0.15, 0.2) is 64.2 Å². The lowest BCUT2D eigenvalue weighted by atomic mass is 10.1. The highest BCUT2D eigenvalue weighted by atomic mass is 79.9. The lowest BCUT2D eigenvalue weighted by Crippen LogP contribution is -2.09. The van der Waals surface area contributed by atoms with Gasteiger partial charge in [-0.15, -0.1) is 0 Å². The number of nitrogens with zero attached hydrogens (tertiary/aromatic N) is 2. The van der Waals surface area contributed by atoms with Crippen molar-refractivity contribution in [1.29, 1.82) is 0 Å². The average molecular weight is 315 g/mol. The Kier molecular flexibility index (Phi) is 3.19. The summed E-state index contributed by atoms with van der Waals surface area (Å²) in [5.74, 6) is 0. The molecule has 1 N–H and O–H groups in total. The van der Waals surface area contributed by atoms with E-state index in [1.807, 2.05) is 48.5 Å². The second-order valence-corrected chi connectivity index (χ2v) is 5.10. The van der Waals surface area contributed by atoms with Crippen LogP contribution in [0.25, 0.3) is 5.57 Å². The van der Waals surface area contributed by atoms with Crippen LogP contribution < -0.4 is 5.06 Å². The topological polar surface area (TPSA) is 35.8 Å². The monoisotopic (exact) mass is 314 g/mol. The highest BCUT2D eigenvalue weighted by Gasteiger charge is 2.12. The molecule has 0 aliphatic carbocycles. The summed E-state index contributed by atoms with van der Waals surface area (Å²) in [5.41, 5.74) is 3.55. The van der Waals surface area contributed by atoms with Gasteiger partial charge in [0, 0.05) is 28.0 Å². The fourth-order valence-electron chi connectivity index (χ4n) is 1.94. The zero-order valence-corrected chi connectivity index (χ0v) is 11.6. The summed E-state index contributed by atoms with van der Waals surface area (Å²) >= 11 is 3.37. The first-order valence-corrected chi connectivity index (χ1v) is 6.62. The van der Waals surface area contributed by atoms with E-state index in [0.717, 1.165) is 26.4 Å². The summed E-state index contributed by atoms with van der Waals surface area (Å²) in [6, 6.07) is 15.3. The molecule has 94 valence electrons. The smallest absolute Gasteiger partial charge is 0.0709 e. The van der Waals surface area contributed by atoms with Crippen molar-refractivity contribution in [3.63, 3.8) is 0 Å². The zero-order chi connectivity index (χ0) is 13.2. The Balaban J connectivity index is 1.91. The molecule has 3 nitrogen and oxygen atoms in total. The molecule has 1 aliphatic rings. The Labute approximate surface area is 119 Å². The first-order valence-electron chi connectivity index (χ1n) is 5.83. The van der Waals surface area contributed by atoms with Gasteiger partial charge in [-0.3, -0.25) is 10.2 Å². The van der Waals surface area contributed by atoms with Gasteiger partial charge in [0.15, 0.2) is 0 Å². The molecule has 0 aromatic heterocycles. The molecule has 0 atom stereocenters. The van der Waals surface area contributed by atoms with Crippen LogP contribution in [0.5, 0.6) is 0 Å². The zero-order valence-electron chi connectivity index (χ0n) is 9.99. The van der Waals surface area contributed by atoms with Crippen LogP contribution >= 0.6 is 15.9 Å². The van der Waals surface area contributed by atoms with E-state index in [0.29, 0.717) is 5.69 Å². The molecule has 0 spiro atoms. The predicted octanol–water partition coefficient (Wildman–Crippen LogP) is 4.40. The van der Waals surface area contributed by atoms with Crippen molar-refractivity contribution in [2.45, 2.75) is 0 Å². The third kappa shape index (κ3) is 2.45. The van der Waals surface area contributed by atoms with Gasteiger partial charge in [-0.1, -0.05) is 34.1 Å². The number of halogens is 1. The summed E-state index contributed by atoms with van der Waals surface area (Å²) in [5, 5.41) is 11.2. The number of rotatable bonds is 2. The van der Waals surface area contributed by atoms with E-state index >= 15 is 0 Å². The third-order valence-corrected chi connectivity index (χ3v) is 3.44. The lowest BCUT2D eigenvalue weighted by molar-refractivity contribution is 0.296. The fraction of sp³-hybridized carbons (Fsp3) is 0. The maximum absolute atomic E-state index is 10.1. The van der Waals surface area contributed by atoms with Crippen LogP contribution in [0.4, 0.5) is 11.4 Å². The Bertz CT molecular complexity index is 662. The normalized spacial score (nSPS) is 14.7. The first-order chi connectivity index (χ1) is 9.24. The molecule has 19 heavy (non-hydrogen) atoms. The second kappa shape index (κ2) is 4.99. The van der Waals surface area contributed by atoms with Crippen LogP contribution in [-0.2, 0) is 0 Å². The Hall–Kier alpha value is -1.91. The molecule has 0 amide bonds. The van der Waals surface area contributed by atoms with E-state index in [4.69, 9.17) is 0 Å². The van der Waals surface area contributed by atoms with Gasteiger partial charge in [-0.2, -0.15) is 0 Å². The van der Waals surface area contributed by atoms with Crippen molar-refractivity contribution < 1.29 is 5.21 Å². The number of hydroxylamine groups is 1. The summed E-state index contributed by atoms with van der Waals surface area (Å²) in [6.07, 6.45) is 3.42. The van der Waals surface area contributed by atoms with Crippen molar-refractivity contribution >= 4 is 39.1 Å². The van der Waals surface area contributed by atoms with Crippen molar-refractivity contribution in [2.75, 3.05) is 5.06 Å².